The Hall–Kier alpha value is -1.55. The first kappa shape index (κ1) is 19.2. The van der Waals surface area contributed by atoms with E-state index in [1.807, 2.05) is 0 Å². The van der Waals surface area contributed by atoms with Crippen LogP contribution in [0.1, 0.15) is 24.8 Å². The van der Waals surface area contributed by atoms with Crippen LogP contribution >= 0.6 is 0 Å². The molecule has 2 saturated heterocycles. The van der Waals surface area contributed by atoms with E-state index in [0.29, 0.717) is 25.2 Å². The summed E-state index contributed by atoms with van der Waals surface area (Å²) in [7, 11) is -3.74. The summed E-state index contributed by atoms with van der Waals surface area (Å²) in [4.78, 5) is 11.2. The average molecular weight is 386 g/mol. The fourth-order valence-electron chi connectivity index (χ4n) is 3.49. The van der Waals surface area contributed by atoms with Gasteiger partial charge in [-0.15, -0.1) is 0 Å². The summed E-state index contributed by atoms with van der Waals surface area (Å²) in [6, 6.07) is 5.87. The normalized spacial score (nSPS) is 25.3. The van der Waals surface area contributed by atoms with Gasteiger partial charge in [-0.1, -0.05) is 18.2 Å². The van der Waals surface area contributed by atoms with Crippen molar-refractivity contribution in [3.63, 3.8) is 0 Å². The highest BCUT2D eigenvalue weighted by atomic mass is 32.2. The number of rotatable bonds is 5. The summed E-state index contributed by atoms with van der Waals surface area (Å²) in [5, 5.41) is 0. The minimum Gasteiger partial charge on any atom is -0.464 e. The third kappa shape index (κ3) is 4.06. The van der Waals surface area contributed by atoms with Crippen molar-refractivity contribution < 1.29 is 27.1 Å². The van der Waals surface area contributed by atoms with E-state index in [1.54, 1.807) is 18.2 Å². The van der Waals surface area contributed by atoms with Crippen molar-refractivity contribution in [2.75, 3.05) is 39.5 Å². The van der Waals surface area contributed by atoms with Crippen LogP contribution in [-0.4, -0.2) is 68.5 Å². The maximum atomic E-state index is 14.2. The largest absolute Gasteiger partial charge is 0.464 e. The van der Waals surface area contributed by atoms with E-state index in [0.717, 1.165) is 0 Å². The summed E-state index contributed by atoms with van der Waals surface area (Å²) in [6.45, 7) is 2.66. The third-order valence-corrected chi connectivity index (χ3v) is 6.84. The monoisotopic (exact) mass is 386 g/mol. The number of hydrogen-bond donors (Lipinski definition) is 0. The lowest BCUT2D eigenvalue weighted by Crippen LogP contribution is -2.51. The Morgan fingerprint density at radius 3 is 2.65 bits per heavy atom. The van der Waals surface area contributed by atoms with E-state index in [4.69, 9.17) is 9.47 Å². The topological polar surface area (TPSA) is 76.2 Å². The van der Waals surface area contributed by atoms with Crippen LogP contribution < -0.4 is 0 Å². The molecule has 1 aromatic carbocycles. The predicted octanol–water partition coefficient (Wildman–Crippen LogP) is 1.12. The molecule has 0 spiro atoms. The third-order valence-electron chi connectivity index (χ3n) is 4.78. The number of morpholine rings is 1. The molecule has 9 heteroatoms. The molecule has 144 valence electrons. The minimum atomic E-state index is -3.74. The van der Waals surface area contributed by atoms with Crippen molar-refractivity contribution in [1.82, 2.24) is 8.61 Å². The van der Waals surface area contributed by atoms with Gasteiger partial charge in [0.05, 0.1) is 19.3 Å². The van der Waals surface area contributed by atoms with Crippen LogP contribution in [0.15, 0.2) is 24.3 Å². The summed E-state index contributed by atoms with van der Waals surface area (Å²) < 4.78 is 53.3. The van der Waals surface area contributed by atoms with Crippen molar-refractivity contribution in [3.05, 3.63) is 35.6 Å². The minimum absolute atomic E-state index is 0.0378. The van der Waals surface area contributed by atoms with Crippen LogP contribution in [0.3, 0.4) is 0 Å². The van der Waals surface area contributed by atoms with Crippen LogP contribution in [0.4, 0.5) is 4.39 Å². The van der Waals surface area contributed by atoms with Gasteiger partial charge in [0.2, 0.25) is 0 Å². The van der Waals surface area contributed by atoms with Gasteiger partial charge < -0.3 is 9.47 Å². The highest BCUT2D eigenvalue weighted by molar-refractivity contribution is 7.86. The van der Waals surface area contributed by atoms with Gasteiger partial charge in [-0.2, -0.15) is 17.0 Å². The number of nitrogens with zero attached hydrogens (tertiary/aromatic N) is 2. The highest BCUT2D eigenvalue weighted by Gasteiger charge is 2.44. The average Bonchev–Trinajstić information content (AvgIpc) is 3.06. The molecule has 2 atom stereocenters. The number of hydrogen-bond acceptors (Lipinski definition) is 5. The molecule has 7 nitrogen and oxygen atoms in total. The molecule has 2 aliphatic heterocycles. The van der Waals surface area contributed by atoms with E-state index in [1.165, 1.54) is 21.6 Å². The Balaban J connectivity index is 1.84. The number of carbonyl (C=O) groups excluding carboxylic acids is 1. The molecule has 2 aliphatic rings. The van der Waals surface area contributed by atoms with Crippen LogP contribution in [0.5, 0.6) is 0 Å². The molecule has 1 aromatic rings. The van der Waals surface area contributed by atoms with Gasteiger partial charge >= 0.3 is 5.97 Å². The van der Waals surface area contributed by atoms with Gasteiger partial charge in [-0.25, -0.2) is 4.39 Å². The lowest BCUT2D eigenvalue weighted by Gasteiger charge is -2.32. The molecule has 0 aliphatic carbocycles. The van der Waals surface area contributed by atoms with Gasteiger partial charge in [-0.05, 0) is 18.1 Å². The summed E-state index contributed by atoms with van der Waals surface area (Å²) in [5.74, 6) is -1.11. The van der Waals surface area contributed by atoms with Gasteiger partial charge in [0, 0.05) is 32.5 Å². The summed E-state index contributed by atoms with van der Waals surface area (Å²) >= 11 is 0. The molecule has 3 rings (SSSR count). The first-order valence-electron chi connectivity index (χ1n) is 8.62. The molecule has 0 aromatic heterocycles. The molecule has 2 heterocycles. The zero-order valence-electron chi connectivity index (χ0n) is 14.6. The van der Waals surface area contributed by atoms with Gasteiger partial charge in [-0.3, -0.25) is 4.79 Å². The fraction of sp³-hybridized carbons (Fsp3) is 0.588. The molecule has 26 heavy (non-hydrogen) atoms. The number of benzene rings is 1. The zero-order chi connectivity index (χ0) is 18.7. The molecule has 0 amide bonds. The standard InChI is InChI=1S/C17H23FN2O5S/c1-13(21)25-12-15-10-14(16-4-2-3-5-17(16)18)11-20(15)26(22,23)19-6-8-24-9-7-19/h2-5,14-15H,6-12H2,1H3/t14-,15-/m0/s1. The summed E-state index contributed by atoms with van der Waals surface area (Å²) in [6.07, 6.45) is 0.401. The van der Waals surface area contributed by atoms with Gasteiger partial charge in [0.25, 0.3) is 10.2 Å². The second-order valence-corrected chi connectivity index (χ2v) is 8.38. The molecule has 2 fully saturated rings. The first-order chi connectivity index (χ1) is 12.4. The number of esters is 1. The first-order valence-corrected chi connectivity index (χ1v) is 10.0. The quantitative estimate of drug-likeness (QED) is 0.709. The molecular formula is C17H23FN2O5S. The number of carbonyl (C=O) groups is 1. The number of halogens is 1. The van der Waals surface area contributed by atoms with Crippen LogP contribution in [0.25, 0.3) is 0 Å². The molecule has 0 radical (unpaired) electrons. The fourth-order valence-corrected chi connectivity index (χ4v) is 5.29. The Morgan fingerprint density at radius 2 is 2.00 bits per heavy atom. The van der Waals surface area contributed by atoms with Crippen molar-refractivity contribution in [2.24, 2.45) is 0 Å². The second-order valence-electron chi connectivity index (χ2n) is 6.50. The van der Waals surface area contributed by atoms with Crippen molar-refractivity contribution in [2.45, 2.75) is 25.3 Å². The van der Waals surface area contributed by atoms with Crippen molar-refractivity contribution in [3.8, 4) is 0 Å². The van der Waals surface area contributed by atoms with Gasteiger partial charge in [0.15, 0.2) is 0 Å². The van der Waals surface area contributed by atoms with E-state index in [9.17, 15) is 17.6 Å². The van der Waals surface area contributed by atoms with E-state index < -0.39 is 22.2 Å². The van der Waals surface area contributed by atoms with E-state index in [2.05, 4.69) is 0 Å². The van der Waals surface area contributed by atoms with Crippen LogP contribution in [-0.2, 0) is 24.5 Å². The lowest BCUT2D eigenvalue weighted by atomic mass is 9.96. The Morgan fingerprint density at radius 1 is 1.31 bits per heavy atom. The number of ether oxygens (including phenoxy) is 2. The molecular weight excluding hydrogens is 363 g/mol. The van der Waals surface area contributed by atoms with Gasteiger partial charge in [0.1, 0.15) is 12.4 Å². The van der Waals surface area contributed by atoms with Crippen LogP contribution in [0.2, 0.25) is 0 Å². The molecule has 0 bridgehead atoms. The molecule has 0 unspecified atom stereocenters. The van der Waals surface area contributed by atoms with E-state index in [-0.39, 0.29) is 38.0 Å². The zero-order valence-corrected chi connectivity index (χ0v) is 15.5. The lowest BCUT2D eigenvalue weighted by molar-refractivity contribution is -0.142. The summed E-state index contributed by atoms with van der Waals surface area (Å²) in [5.41, 5.74) is 0.486. The second kappa shape index (κ2) is 7.99. The predicted molar refractivity (Wildman–Crippen MR) is 92.2 cm³/mol. The molecule has 0 N–H and O–H groups in total. The maximum absolute atomic E-state index is 14.2. The van der Waals surface area contributed by atoms with Crippen LogP contribution in [0, 0.1) is 5.82 Å². The SMILES string of the molecule is CC(=O)OC[C@@H]1C[C@H](c2ccccc2F)CN1S(=O)(=O)N1CCOCC1. The smallest absolute Gasteiger partial charge is 0.302 e. The Bertz CT molecular complexity index is 751. The maximum Gasteiger partial charge on any atom is 0.302 e. The molecule has 0 saturated carbocycles. The van der Waals surface area contributed by atoms with Crippen molar-refractivity contribution in [1.29, 1.82) is 0 Å². The van der Waals surface area contributed by atoms with Crippen molar-refractivity contribution >= 4 is 16.2 Å². The Kier molecular flexibility index (Phi) is 5.91. The Labute approximate surface area is 152 Å². The highest BCUT2D eigenvalue weighted by Crippen LogP contribution is 2.35. The van der Waals surface area contributed by atoms with E-state index >= 15 is 0 Å².